The number of hydrogen-bond acceptors (Lipinski definition) is 10. The van der Waals surface area contributed by atoms with E-state index in [4.69, 9.17) is 9.47 Å². The number of unbranched alkanes of at least 4 members (excludes halogenated alkanes) is 33. The molecule has 386 valence electrons. The first kappa shape index (κ1) is 61.9. The molecule has 1 saturated heterocycles. The number of rotatable bonds is 47. The fourth-order valence-electron chi connectivity index (χ4n) is 9.03. The van der Waals surface area contributed by atoms with Crippen LogP contribution in [0.1, 0.15) is 258 Å². The van der Waals surface area contributed by atoms with Crippen molar-refractivity contribution in [1.82, 2.24) is 5.32 Å². The van der Waals surface area contributed by atoms with Gasteiger partial charge >= 0.3 is 0 Å². The molecule has 65 heavy (non-hydrogen) atoms. The molecule has 11 nitrogen and oxygen atoms in total. The minimum atomic E-state index is -1.66. The van der Waals surface area contributed by atoms with Crippen LogP contribution in [0.3, 0.4) is 0 Å². The lowest BCUT2D eigenvalue weighted by Crippen LogP contribution is -2.60. The van der Waals surface area contributed by atoms with Gasteiger partial charge in [0.1, 0.15) is 36.6 Å². The van der Waals surface area contributed by atoms with Gasteiger partial charge in [-0.3, -0.25) is 4.79 Å². The van der Waals surface area contributed by atoms with Gasteiger partial charge in [-0.2, -0.15) is 0 Å². The van der Waals surface area contributed by atoms with Crippen molar-refractivity contribution in [2.24, 2.45) is 0 Å². The number of aliphatic hydroxyl groups is 7. The molecule has 0 saturated carbocycles. The van der Waals surface area contributed by atoms with Crippen LogP contribution in [0.4, 0.5) is 0 Å². The van der Waals surface area contributed by atoms with Crippen molar-refractivity contribution in [3.63, 3.8) is 0 Å². The zero-order valence-electron chi connectivity index (χ0n) is 42.0. The van der Waals surface area contributed by atoms with Crippen LogP contribution in [-0.2, 0) is 14.3 Å². The van der Waals surface area contributed by atoms with Crippen molar-refractivity contribution >= 4 is 5.91 Å². The lowest BCUT2D eigenvalue weighted by atomic mass is 9.98. The number of amides is 1. The Labute approximate surface area is 398 Å². The van der Waals surface area contributed by atoms with Gasteiger partial charge in [0.2, 0.25) is 5.91 Å². The van der Waals surface area contributed by atoms with Gasteiger partial charge in [0.05, 0.1) is 25.4 Å². The van der Waals surface area contributed by atoms with Gasteiger partial charge in [-0.25, -0.2) is 0 Å². The van der Waals surface area contributed by atoms with Crippen LogP contribution in [-0.4, -0.2) is 110 Å². The van der Waals surface area contributed by atoms with Crippen LogP contribution in [0.25, 0.3) is 0 Å². The molecular formula is C54H105NO10. The quantitative estimate of drug-likeness (QED) is 0.0215. The summed E-state index contributed by atoms with van der Waals surface area (Å²) in [7, 11) is 0. The number of ether oxygens (including phenoxy) is 2. The van der Waals surface area contributed by atoms with Crippen molar-refractivity contribution in [3.05, 3.63) is 12.2 Å². The standard InChI is InChI=1S/C54H105NO10/c1-3-5-7-9-11-13-15-16-17-18-19-20-21-22-23-24-25-26-27-28-29-30-32-33-35-37-39-41-46(57)49(59)45(44-64-54-52(62)51(61)50(60)48(43-56)65-54)55-53(63)47(58)42-40-38-36-34-31-14-12-10-8-6-4-2/h12,14,45-52,54,56-62H,3-11,13,15-44H2,1-2H3,(H,55,63)/b14-12-. The molecule has 8 N–H and O–H groups in total. The number of nitrogens with one attached hydrogen (secondary N) is 1. The highest BCUT2D eigenvalue weighted by Gasteiger charge is 2.44. The second-order valence-corrected chi connectivity index (χ2v) is 19.7. The number of aliphatic hydroxyl groups excluding tert-OH is 7. The Morgan fingerprint density at radius 2 is 0.892 bits per heavy atom. The summed E-state index contributed by atoms with van der Waals surface area (Å²) >= 11 is 0. The van der Waals surface area contributed by atoms with Gasteiger partial charge in [-0.05, 0) is 38.5 Å². The highest BCUT2D eigenvalue weighted by Crippen LogP contribution is 2.23. The first-order chi connectivity index (χ1) is 31.7. The predicted molar refractivity (Wildman–Crippen MR) is 266 cm³/mol. The van der Waals surface area contributed by atoms with Crippen LogP contribution in [0.5, 0.6) is 0 Å². The topological polar surface area (TPSA) is 189 Å². The Morgan fingerprint density at radius 1 is 0.523 bits per heavy atom. The fourth-order valence-corrected chi connectivity index (χ4v) is 9.03. The van der Waals surface area contributed by atoms with E-state index < -0.39 is 74.2 Å². The SMILES string of the molecule is CCCCC/C=C\CCCCCCC(O)C(=O)NC(COC1OC(CO)C(O)C(O)C1O)C(O)C(O)CCCCCCCCCCCCCCCCCCCCCCCCCCCCC. The van der Waals surface area contributed by atoms with Crippen molar-refractivity contribution in [1.29, 1.82) is 0 Å². The number of carbonyl (C=O) groups is 1. The molecule has 0 aromatic carbocycles. The molecule has 0 aromatic rings. The van der Waals surface area contributed by atoms with Crippen molar-refractivity contribution in [2.45, 2.75) is 313 Å². The second kappa shape index (κ2) is 44.1. The Bertz CT molecular complexity index is 1060. The molecule has 0 radical (unpaired) electrons. The summed E-state index contributed by atoms with van der Waals surface area (Å²) in [6.07, 6.45) is 38.6. The van der Waals surface area contributed by atoms with Crippen LogP contribution in [0.2, 0.25) is 0 Å². The van der Waals surface area contributed by atoms with Crippen LogP contribution in [0, 0.1) is 0 Å². The molecule has 1 fully saturated rings. The Hall–Kier alpha value is -1.15. The third kappa shape index (κ3) is 33.1. The number of hydrogen-bond donors (Lipinski definition) is 8. The number of allylic oxidation sites excluding steroid dienone is 2. The van der Waals surface area contributed by atoms with E-state index >= 15 is 0 Å². The lowest BCUT2D eigenvalue weighted by Gasteiger charge is -2.40. The first-order valence-corrected chi connectivity index (χ1v) is 27.6. The van der Waals surface area contributed by atoms with E-state index in [1.807, 2.05) is 0 Å². The summed E-state index contributed by atoms with van der Waals surface area (Å²) in [5.74, 6) is -0.705. The Morgan fingerprint density at radius 3 is 1.32 bits per heavy atom. The summed E-state index contributed by atoms with van der Waals surface area (Å²) in [4.78, 5) is 13.1. The Kier molecular flexibility index (Phi) is 42.0. The summed E-state index contributed by atoms with van der Waals surface area (Å²) in [6, 6.07) is -1.17. The highest BCUT2D eigenvalue weighted by atomic mass is 16.7. The largest absolute Gasteiger partial charge is 0.394 e. The van der Waals surface area contributed by atoms with E-state index in [-0.39, 0.29) is 6.42 Å². The fraction of sp³-hybridized carbons (Fsp3) is 0.944. The summed E-state index contributed by atoms with van der Waals surface area (Å²) in [5.41, 5.74) is 0. The molecule has 0 spiro atoms. The highest BCUT2D eigenvalue weighted by molar-refractivity contribution is 5.80. The zero-order valence-corrected chi connectivity index (χ0v) is 42.0. The lowest BCUT2D eigenvalue weighted by molar-refractivity contribution is -0.303. The summed E-state index contributed by atoms with van der Waals surface area (Å²) in [5, 5.41) is 75.9. The predicted octanol–water partition coefficient (Wildman–Crippen LogP) is 10.8. The van der Waals surface area contributed by atoms with E-state index in [1.165, 1.54) is 167 Å². The van der Waals surface area contributed by atoms with Gasteiger partial charge in [0, 0.05) is 0 Å². The van der Waals surface area contributed by atoms with E-state index in [1.54, 1.807) is 0 Å². The van der Waals surface area contributed by atoms with Crippen LogP contribution < -0.4 is 5.32 Å². The van der Waals surface area contributed by atoms with E-state index in [0.717, 1.165) is 51.4 Å². The summed E-state index contributed by atoms with van der Waals surface area (Å²) < 4.78 is 11.1. The van der Waals surface area contributed by atoms with Crippen molar-refractivity contribution in [2.75, 3.05) is 13.2 Å². The van der Waals surface area contributed by atoms with Crippen molar-refractivity contribution in [3.8, 4) is 0 Å². The zero-order chi connectivity index (χ0) is 47.6. The average Bonchev–Trinajstić information content (AvgIpc) is 3.31. The monoisotopic (exact) mass is 928 g/mol. The minimum absolute atomic E-state index is 0.247. The molecule has 0 bridgehead atoms. The third-order valence-electron chi connectivity index (χ3n) is 13.6. The van der Waals surface area contributed by atoms with Crippen LogP contribution >= 0.6 is 0 Å². The maximum atomic E-state index is 13.1. The molecule has 1 aliphatic heterocycles. The van der Waals surface area contributed by atoms with Crippen LogP contribution in [0.15, 0.2) is 12.2 Å². The van der Waals surface area contributed by atoms with E-state index in [2.05, 4.69) is 31.3 Å². The number of carbonyl (C=O) groups excluding carboxylic acids is 1. The molecule has 1 heterocycles. The normalized spacial score (nSPS) is 20.9. The molecule has 9 unspecified atom stereocenters. The van der Waals surface area contributed by atoms with Gasteiger partial charge in [0.15, 0.2) is 6.29 Å². The van der Waals surface area contributed by atoms with E-state index in [0.29, 0.717) is 19.3 Å². The van der Waals surface area contributed by atoms with Gasteiger partial charge in [0.25, 0.3) is 0 Å². The summed E-state index contributed by atoms with van der Waals surface area (Å²) in [6.45, 7) is 3.43. The van der Waals surface area contributed by atoms with E-state index in [9.17, 15) is 40.5 Å². The molecule has 0 aromatic heterocycles. The molecule has 1 rings (SSSR count). The minimum Gasteiger partial charge on any atom is -0.394 e. The molecule has 1 aliphatic rings. The van der Waals surface area contributed by atoms with Crippen molar-refractivity contribution < 1.29 is 50.0 Å². The first-order valence-electron chi connectivity index (χ1n) is 27.6. The molecule has 1 amide bonds. The molecule has 0 aliphatic carbocycles. The smallest absolute Gasteiger partial charge is 0.249 e. The van der Waals surface area contributed by atoms with Gasteiger partial charge < -0.3 is 50.5 Å². The van der Waals surface area contributed by atoms with Gasteiger partial charge in [-0.1, -0.05) is 231 Å². The third-order valence-corrected chi connectivity index (χ3v) is 13.6. The molecule has 9 atom stereocenters. The maximum absolute atomic E-state index is 13.1. The molecule has 11 heteroatoms. The average molecular weight is 928 g/mol. The second-order valence-electron chi connectivity index (χ2n) is 19.7. The van der Waals surface area contributed by atoms with Gasteiger partial charge in [-0.15, -0.1) is 0 Å². The Balaban J connectivity index is 2.25. The maximum Gasteiger partial charge on any atom is 0.249 e. The molecular weight excluding hydrogens is 823 g/mol.